The second-order valence-corrected chi connectivity index (χ2v) is 9.51. The molecule has 3 aromatic rings. The zero-order chi connectivity index (χ0) is 22.9. The minimum atomic E-state index is -3.56. The predicted octanol–water partition coefficient (Wildman–Crippen LogP) is 1.43. The molecule has 0 fully saturated rings. The van der Waals surface area contributed by atoms with E-state index in [4.69, 9.17) is 4.42 Å². The molecule has 166 valence electrons. The van der Waals surface area contributed by atoms with Gasteiger partial charge in [0.25, 0.3) is 5.91 Å². The molecule has 0 unspecified atom stereocenters. The van der Waals surface area contributed by atoms with Crippen molar-refractivity contribution in [3.8, 4) is 0 Å². The number of nitrogens with zero attached hydrogens (tertiary/aromatic N) is 3. The topological polar surface area (TPSA) is 127 Å². The summed E-state index contributed by atoms with van der Waals surface area (Å²) >= 11 is 0. The maximum atomic E-state index is 12.3. The number of aryl methyl sites for hydroxylation is 4. The number of aromatic nitrogens is 2. The van der Waals surface area contributed by atoms with Crippen LogP contribution < -0.4 is 10.9 Å². The second-order valence-electron chi connectivity index (χ2n) is 7.35. The van der Waals surface area contributed by atoms with E-state index in [0.29, 0.717) is 34.8 Å². The minimum absolute atomic E-state index is 0.0870. The first-order valence-corrected chi connectivity index (χ1v) is 11.0. The smallest absolute Gasteiger partial charge is 0.273 e. The number of hydrogen-bond donors (Lipinski definition) is 2. The Balaban J connectivity index is 1.65. The third kappa shape index (κ3) is 4.62. The fraction of sp³-hybridized carbons (Fsp3) is 0.350. The molecule has 1 aromatic carbocycles. The summed E-state index contributed by atoms with van der Waals surface area (Å²) in [7, 11) is 1.17. The summed E-state index contributed by atoms with van der Waals surface area (Å²) in [4.78, 5) is 28.9. The molecular formula is C20H25N5O5S. The van der Waals surface area contributed by atoms with E-state index in [-0.39, 0.29) is 17.2 Å². The van der Waals surface area contributed by atoms with Crippen LogP contribution in [-0.4, -0.2) is 48.2 Å². The minimum Gasteiger partial charge on any atom is -0.466 e. The van der Waals surface area contributed by atoms with Crippen LogP contribution in [-0.2, 0) is 28.3 Å². The van der Waals surface area contributed by atoms with Gasteiger partial charge in [0.2, 0.25) is 15.9 Å². The number of carbonyl (C=O) groups is 2. The summed E-state index contributed by atoms with van der Waals surface area (Å²) in [5.41, 5.74) is 6.39. The molecular weight excluding hydrogens is 422 g/mol. The summed E-state index contributed by atoms with van der Waals surface area (Å²) in [6.07, 6.45) is 0.399. The summed E-state index contributed by atoms with van der Waals surface area (Å²) in [5.74, 6) is 0.864. The van der Waals surface area contributed by atoms with Crippen LogP contribution in [0.2, 0.25) is 0 Å². The quantitative estimate of drug-likeness (QED) is 0.551. The Labute approximate surface area is 180 Å². The normalized spacial score (nSPS) is 11.8. The molecule has 3 rings (SSSR count). The van der Waals surface area contributed by atoms with Crippen molar-refractivity contribution in [1.82, 2.24) is 24.7 Å². The van der Waals surface area contributed by atoms with Crippen molar-refractivity contribution in [3.63, 3.8) is 0 Å². The molecule has 0 spiro atoms. The van der Waals surface area contributed by atoms with Crippen LogP contribution in [0.15, 0.2) is 33.6 Å². The van der Waals surface area contributed by atoms with Gasteiger partial charge in [0, 0.05) is 34.0 Å². The van der Waals surface area contributed by atoms with Gasteiger partial charge < -0.3 is 8.98 Å². The summed E-state index contributed by atoms with van der Waals surface area (Å²) in [6.45, 7) is 3.41. The Morgan fingerprint density at radius 3 is 2.48 bits per heavy atom. The van der Waals surface area contributed by atoms with Gasteiger partial charge in [0.15, 0.2) is 0 Å². The van der Waals surface area contributed by atoms with Crippen molar-refractivity contribution in [3.05, 3.63) is 47.2 Å². The molecule has 10 nitrogen and oxygen atoms in total. The summed E-state index contributed by atoms with van der Waals surface area (Å²) in [5, 5.41) is 0. The lowest BCUT2D eigenvalue weighted by Gasteiger charge is -2.10. The van der Waals surface area contributed by atoms with Crippen LogP contribution in [0.25, 0.3) is 11.0 Å². The zero-order valence-electron chi connectivity index (χ0n) is 18.0. The largest absolute Gasteiger partial charge is 0.466 e. The molecule has 0 aliphatic carbocycles. The van der Waals surface area contributed by atoms with Crippen molar-refractivity contribution >= 4 is 32.9 Å². The molecule has 0 radical (unpaired) electrons. The molecule has 0 saturated heterocycles. The van der Waals surface area contributed by atoms with Gasteiger partial charge in [-0.05, 0) is 38.1 Å². The standard InChI is InChI=1S/C20H25N5O5S/c1-12-10-15(13(2)30-12)20(27)23-22-19(26)9-8-18-21-16-11-14(31(28,29)24(3)4)6-7-17(16)25(18)5/h6-7,10-11H,8-9H2,1-5H3,(H,22,26)(H,23,27). The maximum absolute atomic E-state index is 12.3. The van der Waals surface area contributed by atoms with Crippen LogP contribution >= 0.6 is 0 Å². The van der Waals surface area contributed by atoms with Crippen molar-refractivity contribution < 1.29 is 22.4 Å². The SMILES string of the molecule is Cc1cc(C(=O)NNC(=O)CCc2nc3cc(S(=O)(=O)N(C)C)ccc3n2C)c(C)o1. The Morgan fingerprint density at radius 2 is 1.87 bits per heavy atom. The number of amides is 2. The summed E-state index contributed by atoms with van der Waals surface area (Å²) < 4.78 is 32.9. The molecule has 0 bridgehead atoms. The molecule has 2 heterocycles. The lowest BCUT2D eigenvalue weighted by molar-refractivity contribution is -0.121. The van der Waals surface area contributed by atoms with Gasteiger partial charge in [-0.15, -0.1) is 0 Å². The zero-order valence-corrected chi connectivity index (χ0v) is 18.8. The van der Waals surface area contributed by atoms with Crippen LogP contribution in [0.4, 0.5) is 0 Å². The highest BCUT2D eigenvalue weighted by atomic mass is 32.2. The highest BCUT2D eigenvalue weighted by molar-refractivity contribution is 7.89. The van der Waals surface area contributed by atoms with Gasteiger partial charge >= 0.3 is 0 Å². The Kier molecular flexibility index (Phi) is 6.18. The number of fused-ring (bicyclic) bond motifs is 1. The number of hydrazine groups is 1. The maximum Gasteiger partial charge on any atom is 0.273 e. The highest BCUT2D eigenvalue weighted by Crippen LogP contribution is 2.22. The van der Waals surface area contributed by atoms with Crippen molar-refractivity contribution in [2.24, 2.45) is 7.05 Å². The molecule has 0 aliphatic heterocycles. The second kappa shape index (κ2) is 8.52. The van der Waals surface area contributed by atoms with Crippen molar-refractivity contribution in [2.45, 2.75) is 31.6 Å². The van der Waals surface area contributed by atoms with Crippen molar-refractivity contribution in [2.75, 3.05) is 14.1 Å². The van der Waals surface area contributed by atoms with Crippen LogP contribution in [0.1, 0.15) is 34.1 Å². The van der Waals surface area contributed by atoms with Gasteiger partial charge in [-0.2, -0.15) is 0 Å². The van der Waals surface area contributed by atoms with Gasteiger partial charge in [-0.25, -0.2) is 17.7 Å². The van der Waals surface area contributed by atoms with E-state index >= 15 is 0 Å². The van der Waals surface area contributed by atoms with Gasteiger partial charge in [-0.3, -0.25) is 20.4 Å². The Hall–Kier alpha value is -3.18. The molecule has 0 saturated carbocycles. The molecule has 31 heavy (non-hydrogen) atoms. The summed E-state index contributed by atoms with van der Waals surface area (Å²) in [6, 6.07) is 6.34. The molecule has 2 amide bonds. The number of benzene rings is 1. The lowest BCUT2D eigenvalue weighted by Crippen LogP contribution is -2.41. The first-order chi connectivity index (χ1) is 14.5. The average molecular weight is 448 g/mol. The number of nitrogens with one attached hydrogen (secondary N) is 2. The molecule has 0 aliphatic rings. The molecule has 11 heteroatoms. The number of furan rings is 1. The fourth-order valence-electron chi connectivity index (χ4n) is 3.16. The first kappa shape index (κ1) is 22.5. The third-order valence-electron chi connectivity index (χ3n) is 4.90. The number of carbonyl (C=O) groups excluding carboxylic acids is 2. The number of hydrogen-bond acceptors (Lipinski definition) is 6. The number of rotatable bonds is 6. The van der Waals surface area contributed by atoms with E-state index in [9.17, 15) is 18.0 Å². The third-order valence-corrected chi connectivity index (χ3v) is 6.71. The van der Waals surface area contributed by atoms with E-state index in [1.54, 1.807) is 33.0 Å². The van der Waals surface area contributed by atoms with E-state index in [2.05, 4.69) is 15.8 Å². The Morgan fingerprint density at radius 1 is 1.16 bits per heavy atom. The van der Waals surface area contributed by atoms with Gasteiger partial charge in [0.05, 0.1) is 21.5 Å². The molecule has 2 aromatic heterocycles. The average Bonchev–Trinajstić information content (AvgIpc) is 3.22. The highest BCUT2D eigenvalue weighted by Gasteiger charge is 2.19. The fourth-order valence-corrected chi connectivity index (χ4v) is 4.08. The number of sulfonamides is 1. The van der Waals surface area contributed by atoms with Gasteiger partial charge in [-0.1, -0.05) is 0 Å². The lowest BCUT2D eigenvalue weighted by atomic mass is 10.2. The van der Waals surface area contributed by atoms with Crippen LogP contribution in [0.5, 0.6) is 0 Å². The van der Waals surface area contributed by atoms with Gasteiger partial charge in [0.1, 0.15) is 17.3 Å². The van der Waals surface area contributed by atoms with E-state index in [0.717, 1.165) is 9.82 Å². The molecule has 0 atom stereocenters. The van der Waals surface area contributed by atoms with E-state index in [1.165, 1.54) is 26.2 Å². The van der Waals surface area contributed by atoms with Crippen molar-refractivity contribution in [1.29, 1.82) is 0 Å². The predicted molar refractivity (Wildman–Crippen MR) is 114 cm³/mol. The van der Waals surface area contributed by atoms with E-state index < -0.39 is 15.9 Å². The molecule has 2 N–H and O–H groups in total. The Bertz CT molecular complexity index is 1260. The van der Waals surface area contributed by atoms with Crippen LogP contribution in [0.3, 0.4) is 0 Å². The number of imidazole rings is 1. The first-order valence-electron chi connectivity index (χ1n) is 9.55. The van der Waals surface area contributed by atoms with E-state index in [1.807, 2.05) is 4.57 Å². The van der Waals surface area contributed by atoms with Crippen LogP contribution in [0, 0.1) is 13.8 Å². The monoisotopic (exact) mass is 447 g/mol.